The quantitative estimate of drug-likeness (QED) is 0.364. The van der Waals surface area contributed by atoms with Crippen molar-refractivity contribution >= 4 is 34.8 Å². The number of nitrogens with one attached hydrogen (secondary N) is 2. The Labute approximate surface area is 235 Å². The third-order valence-corrected chi connectivity index (χ3v) is 7.02. The lowest BCUT2D eigenvalue weighted by molar-refractivity contribution is -0.138. The van der Waals surface area contributed by atoms with Gasteiger partial charge >= 0.3 is 17.7 Å². The van der Waals surface area contributed by atoms with E-state index in [1.807, 2.05) is 13.8 Å². The summed E-state index contributed by atoms with van der Waals surface area (Å²) in [6.07, 6.45) is 0.129. The molecule has 1 fully saturated rings. The van der Waals surface area contributed by atoms with E-state index in [-0.39, 0.29) is 28.2 Å². The average Bonchev–Trinajstić information content (AvgIpc) is 3.18. The molecule has 1 heterocycles. The first-order valence-corrected chi connectivity index (χ1v) is 13.8. The van der Waals surface area contributed by atoms with Crippen molar-refractivity contribution in [2.45, 2.75) is 72.1 Å². The van der Waals surface area contributed by atoms with Gasteiger partial charge in [0.25, 0.3) is 5.91 Å². The Bertz CT molecular complexity index is 1140. The maximum atomic E-state index is 13.1. The van der Waals surface area contributed by atoms with Crippen LogP contribution in [0, 0.1) is 17.8 Å². The van der Waals surface area contributed by atoms with Gasteiger partial charge in [0, 0.05) is 30.4 Å². The maximum Gasteiger partial charge on any atom is 0.408 e. The fraction of sp³-hybridized carbons (Fsp3) is 0.615. The third kappa shape index (κ3) is 9.23. The highest BCUT2D eigenvalue weighted by Crippen LogP contribution is 2.39. The largest absolute Gasteiger partial charge is 0.496 e. The van der Waals surface area contributed by atoms with E-state index in [2.05, 4.69) is 22.7 Å². The molecule has 1 aliphatic carbocycles. The number of benzene rings is 1. The average molecular weight is 593 g/mol. The molecule has 8 nitrogen and oxygen atoms in total. The zero-order valence-corrected chi connectivity index (χ0v) is 24.3. The van der Waals surface area contributed by atoms with E-state index in [1.165, 1.54) is 32.1 Å². The van der Waals surface area contributed by atoms with Gasteiger partial charge in [-0.25, -0.2) is 0 Å². The smallest absolute Gasteiger partial charge is 0.408 e. The SMILES string of the molecule is COc1cc(N[C@H](C)C(F)(F)F)ccc1-c1c(Cl)c(C(=O)NCC2CCC(C)CC2)nn1CC(C)C.O=S=O. The van der Waals surface area contributed by atoms with Gasteiger partial charge in [-0.1, -0.05) is 45.2 Å². The molecule has 39 heavy (non-hydrogen) atoms. The number of rotatable bonds is 9. The van der Waals surface area contributed by atoms with Crippen LogP contribution in [0.5, 0.6) is 5.75 Å². The van der Waals surface area contributed by atoms with Crippen molar-refractivity contribution in [3.8, 4) is 17.0 Å². The summed E-state index contributed by atoms with van der Waals surface area (Å²) in [7, 11) is 1.44. The summed E-state index contributed by atoms with van der Waals surface area (Å²) >= 11 is 5.98. The molecule has 2 N–H and O–H groups in total. The van der Waals surface area contributed by atoms with E-state index in [0.717, 1.165) is 25.7 Å². The normalized spacial score (nSPS) is 18.1. The lowest BCUT2D eigenvalue weighted by Gasteiger charge is -2.26. The van der Waals surface area contributed by atoms with Crippen LogP contribution in [-0.2, 0) is 18.1 Å². The molecule has 218 valence electrons. The summed E-state index contributed by atoms with van der Waals surface area (Å²) in [5.41, 5.74) is 1.42. The van der Waals surface area contributed by atoms with E-state index in [0.29, 0.717) is 36.0 Å². The van der Waals surface area contributed by atoms with Crippen LogP contribution in [0.3, 0.4) is 0 Å². The topological polar surface area (TPSA) is 102 Å². The molecule has 1 atom stereocenters. The predicted molar refractivity (Wildman–Crippen MR) is 146 cm³/mol. The van der Waals surface area contributed by atoms with E-state index in [4.69, 9.17) is 24.8 Å². The molecule has 0 spiro atoms. The molecule has 0 radical (unpaired) electrons. The molecule has 0 unspecified atom stereocenters. The van der Waals surface area contributed by atoms with Gasteiger partial charge in [-0.3, -0.25) is 9.48 Å². The Kier molecular flexibility index (Phi) is 12.3. The second-order valence-electron chi connectivity index (χ2n) is 10.3. The third-order valence-electron chi connectivity index (χ3n) is 6.67. The van der Waals surface area contributed by atoms with E-state index >= 15 is 0 Å². The second kappa shape index (κ2) is 14.7. The minimum Gasteiger partial charge on any atom is -0.496 e. The number of ether oxygens (including phenoxy) is 1. The van der Waals surface area contributed by atoms with Crippen LogP contribution in [0.4, 0.5) is 18.9 Å². The van der Waals surface area contributed by atoms with Crippen LogP contribution < -0.4 is 15.4 Å². The van der Waals surface area contributed by atoms with Crippen molar-refractivity contribution in [1.29, 1.82) is 0 Å². The summed E-state index contributed by atoms with van der Waals surface area (Å²) in [4.78, 5) is 13.1. The van der Waals surface area contributed by atoms with Crippen molar-refractivity contribution in [3.05, 3.63) is 28.9 Å². The molecular formula is C26H36ClF3N4O4S. The van der Waals surface area contributed by atoms with Crippen LogP contribution in [0.2, 0.25) is 5.02 Å². The highest BCUT2D eigenvalue weighted by Gasteiger charge is 2.36. The highest BCUT2D eigenvalue weighted by molar-refractivity contribution is 7.51. The Hall–Kier alpha value is -2.60. The van der Waals surface area contributed by atoms with E-state index < -0.39 is 23.8 Å². The number of methoxy groups -OCH3 is 1. The fourth-order valence-electron chi connectivity index (χ4n) is 4.48. The Morgan fingerprint density at radius 3 is 2.36 bits per heavy atom. The summed E-state index contributed by atoms with van der Waals surface area (Å²) in [6.45, 7) is 8.42. The molecule has 0 bridgehead atoms. The number of carbonyl (C=O) groups is 1. The number of hydrogen-bond acceptors (Lipinski definition) is 6. The molecule has 0 saturated heterocycles. The lowest BCUT2D eigenvalue weighted by atomic mass is 9.83. The maximum absolute atomic E-state index is 13.1. The Balaban J connectivity index is 0.00000170. The van der Waals surface area contributed by atoms with Crippen molar-refractivity contribution in [1.82, 2.24) is 15.1 Å². The Morgan fingerprint density at radius 2 is 1.82 bits per heavy atom. The molecule has 1 aromatic heterocycles. The number of aromatic nitrogens is 2. The van der Waals surface area contributed by atoms with Gasteiger partial charge in [0.15, 0.2) is 5.69 Å². The fourth-order valence-corrected chi connectivity index (χ4v) is 4.81. The van der Waals surface area contributed by atoms with Crippen molar-refractivity contribution in [3.63, 3.8) is 0 Å². The molecule has 1 aromatic carbocycles. The number of carbonyl (C=O) groups excluding carboxylic acids is 1. The van der Waals surface area contributed by atoms with Crippen molar-refractivity contribution in [2.75, 3.05) is 19.0 Å². The van der Waals surface area contributed by atoms with Gasteiger partial charge in [0.2, 0.25) is 0 Å². The van der Waals surface area contributed by atoms with Gasteiger partial charge in [-0.2, -0.15) is 26.7 Å². The minimum atomic E-state index is -4.39. The number of alkyl halides is 3. The molecule has 1 amide bonds. The van der Waals surface area contributed by atoms with Gasteiger partial charge in [0.1, 0.15) is 11.8 Å². The van der Waals surface area contributed by atoms with Crippen molar-refractivity contribution in [2.24, 2.45) is 17.8 Å². The van der Waals surface area contributed by atoms with Crippen LogP contribution >= 0.6 is 11.6 Å². The second-order valence-corrected chi connectivity index (χ2v) is 10.8. The van der Waals surface area contributed by atoms with Crippen LogP contribution in [0.1, 0.15) is 63.9 Å². The zero-order chi connectivity index (χ0) is 29.3. The van der Waals surface area contributed by atoms with Gasteiger partial charge in [0.05, 0.1) is 17.8 Å². The molecule has 3 rings (SSSR count). The van der Waals surface area contributed by atoms with Gasteiger partial charge in [-0.15, -0.1) is 0 Å². The van der Waals surface area contributed by atoms with E-state index in [9.17, 15) is 18.0 Å². The van der Waals surface area contributed by atoms with E-state index in [1.54, 1.807) is 10.7 Å². The summed E-state index contributed by atoms with van der Waals surface area (Å²) in [5, 5.41) is 10.2. The molecule has 0 aliphatic heterocycles. The number of anilines is 1. The summed E-state index contributed by atoms with van der Waals surface area (Å²) in [6, 6.07) is 2.93. The monoisotopic (exact) mass is 592 g/mol. The molecule has 13 heteroatoms. The number of hydrogen-bond donors (Lipinski definition) is 2. The number of amides is 1. The standard InChI is InChI=1S/C26H36ClF3N4O2.O2S/c1-15(2)14-34-24(20-11-10-19(12-21(20)36-5)32-17(4)26(28,29)30)22(27)23(33-34)25(35)31-13-18-8-6-16(3)7-9-18;1-3-2/h10-12,15-18,32H,6-9,13-14H2,1-5H3,(H,31,35);/t16?,17-,18?;/m1./s1. The van der Waals surface area contributed by atoms with Gasteiger partial charge < -0.3 is 15.4 Å². The first-order chi connectivity index (χ1) is 18.3. The first-order valence-electron chi connectivity index (χ1n) is 12.8. The number of halogens is 4. The highest BCUT2D eigenvalue weighted by atomic mass is 35.5. The summed E-state index contributed by atoms with van der Waals surface area (Å²) < 4.78 is 62.8. The summed E-state index contributed by atoms with van der Waals surface area (Å²) in [5.74, 6) is 1.37. The Morgan fingerprint density at radius 1 is 1.21 bits per heavy atom. The van der Waals surface area contributed by atoms with Crippen LogP contribution in [0.15, 0.2) is 18.2 Å². The molecular weight excluding hydrogens is 557 g/mol. The molecule has 1 aliphatic rings. The minimum absolute atomic E-state index is 0.131. The van der Waals surface area contributed by atoms with Gasteiger partial charge in [-0.05, 0) is 49.7 Å². The van der Waals surface area contributed by atoms with Crippen LogP contribution in [0.25, 0.3) is 11.3 Å². The molecule has 2 aromatic rings. The predicted octanol–water partition coefficient (Wildman–Crippen LogP) is 6.12. The first kappa shape index (κ1) is 32.6. The van der Waals surface area contributed by atoms with Crippen LogP contribution in [-0.4, -0.2) is 50.0 Å². The zero-order valence-electron chi connectivity index (χ0n) is 22.7. The lowest BCUT2D eigenvalue weighted by Crippen LogP contribution is -2.33. The molecule has 1 saturated carbocycles. The number of nitrogens with zero attached hydrogens (tertiary/aromatic N) is 2. The van der Waals surface area contributed by atoms with Crippen molar-refractivity contribution < 1.29 is 31.1 Å².